The molecule has 0 spiro atoms. The third kappa shape index (κ3) is 4.54. The molecule has 4 nitrogen and oxygen atoms in total. The quantitative estimate of drug-likeness (QED) is 0.558. The Morgan fingerprint density at radius 2 is 1.82 bits per heavy atom. The van der Waals surface area contributed by atoms with E-state index in [0.717, 1.165) is 0 Å². The highest BCUT2D eigenvalue weighted by molar-refractivity contribution is 6.35. The lowest BCUT2D eigenvalue weighted by atomic mass is 9.85. The van der Waals surface area contributed by atoms with Crippen LogP contribution in [0.4, 0.5) is 4.39 Å². The van der Waals surface area contributed by atoms with E-state index in [0.29, 0.717) is 22.0 Å². The summed E-state index contributed by atoms with van der Waals surface area (Å²) in [6, 6.07) is 10.4. The van der Waals surface area contributed by atoms with Gasteiger partial charge in [-0.1, -0.05) is 53.6 Å². The topological polar surface area (TPSA) is 55.4 Å². The summed E-state index contributed by atoms with van der Waals surface area (Å²) in [6.07, 6.45) is 4.05. The number of halogens is 3. The van der Waals surface area contributed by atoms with Gasteiger partial charge in [0.05, 0.1) is 13.0 Å². The number of rotatable bonds is 5. The maximum Gasteiger partial charge on any atom is 0.313 e. The van der Waals surface area contributed by atoms with Crippen LogP contribution in [0, 0.1) is 11.7 Å². The van der Waals surface area contributed by atoms with Crippen LogP contribution in [-0.4, -0.2) is 25.0 Å². The van der Waals surface area contributed by atoms with E-state index in [1.165, 1.54) is 25.3 Å². The monoisotopic (exact) mass is 421 g/mol. The van der Waals surface area contributed by atoms with Crippen molar-refractivity contribution in [3.8, 4) is 0 Å². The summed E-state index contributed by atoms with van der Waals surface area (Å²) < 4.78 is 19.2. The molecule has 2 aromatic rings. The zero-order valence-electron chi connectivity index (χ0n) is 15.0. The molecule has 146 valence electrons. The van der Waals surface area contributed by atoms with E-state index in [1.807, 2.05) is 6.08 Å². The molecule has 0 aromatic heterocycles. The number of hydrogen-bond donors (Lipinski definition) is 1. The zero-order chi connectivity index (χ0) is 20.3. The number of esters is 1. The van der Waals surface area contributed by atoms with Gasteiger partial charge in [0.15, 0.2) is 0 Å². The zero-order valence-corrected chi connectivity index (χ0v) is 16.5. The summed E-state index contributed by atoms with van der Waals surface area (Å²) in [7, 11) is 1.27. The maximum absolute atomic E-state index is 14.3. The first-order valence-corrected chi connectivity index (χ1v) is 9.42. The SMILES string of the molecule is COC(=O)C(c1ccccc1F)C1C=CC(NC(=O)c2cc(Cl)cc(Cl)c2)C1. The predicted molar refractivity (Wildman–Crippen MR) is 106 cm³/mol. The van der Waals surface area contributed by atoms with Crippen molar-refractivity contribution >= 4 is 35.1 Å². The van der Waals surface area contributed by atoms with Gasteiger partial charge in [-0.25, -0.2) is 4.39 Å². The van der Waals surface area contributed by atoms with Gasteiger partial charge >= 0.3 is 5.97 Å². The summed E-state index contributed by atoms with van der Waals surface area (Å²) >= 11 is 11.9. The highest BCUT2D eigenvalue weighted by Gasteiger charge is 2.35. The molecule has 0 heterocycles. The van der Waals surface area contributed by atoms with Crippen molar-refractivity contribution in [1.82, 2.24) is 5.32 Å². The van der Waals surface area contributed by atoms with Crippen LogP contribution in [0.1, 0.15) is 28.3 Å². The maximum atomic E-state index is 14.3. The summed E-state index contributed by atoms with van der Waals surface area (Å²) in [6.45, 7) is 0. The molecular formula is C21H18Cl2FNO3. The average molecular weight is 422 g/mol. The van der Waals surface area contributed by atoms with Crippen molar-refractivity contribution in [3.63, 3.8) is 0 Å². The molecule has 3 unspecified atom stereocenters. The van der Waals surface area contributed by atoms with E-state index in [9.17, 15) is 14.0 Å². The Labute approximate surface area is 172 Å². The van der Waals surface area contributed by atoms with Gasteiger partial charge in [-0.2, -0.15) is 0 Å². The van der Waals surface area contributed by atoms with Gasteiger partial charge in [0.2, 0.25) is 0 Å². The number of carbonyl (C=O) groups excluding carboxylic acids is 2. The molecule has 0 fully saturated rings. The van der Waals surface area contributed by atoms with Crippen molar-refractivity contribution in [1.29, 1.82) is 0 Å². The van der Waals surface area contributed by atoms with Crippen LogP contribution >= 0.6 is 23.2 Å². The second-order valence-corrected chi connectivity index (χ2v) is 7.42. The molecule has 1 amide bonds. The number of nitrogens with one attached hydrogen (secondary N) is 1. The third-order valence-electron chi connectivity index (χ3n) is 4.68. The molecule has 0 saturated carbocycles. The number of ether oxygens (including phenoxy) is 1. The van der Waals surface area contributed by atoms with E-state index in [1.54, 1.807) is 30.3 Å². The highest BCUT2D eigenvalue weighted by Crippen LogP contribution is 2.35. The number of benzene rings is 2. The Kier molecular flexibility index (Phi) is 6.37. The predicted octanol–water partition coefficient (Wildman–Crippen LogP) is 4.76. The van der Waals surface area contributed by atoms with Gasteiger partial charge in [-0.05, 0) is 36.6 Å². The number of allylic oxidation sites excluding steroid dienone is 1. The number of carbonyl (C=O) groups is 2. The summed E-state index contributed by atoms with van der Waals surface area (Å²) in [5.41, 5.74) is 0.616. The minimum absolute atomic E-state index is 0.276. The van der Waals surface area contributed by atoms with Gasteiger partial charge in [-0.3, -0.25) is 9.59 Å². The van der Waals surface area contributed by atoms with Gasteiger partial charge < -0.3 is 10.1 Å². The van der Waals surface area contributed by atoms with E-state index in [-0.39, 0.29) is 23.4 Å². The number of hydrogen-bond acceptors (Lipinski definition) is 3. The molecule has 0 bridgehead atoms. The average Bonchev–Trinajstić information content (AvgIpc) is 3.10. The van der Waals surface area contributed by atoms with Crippen molar-refractivity contribution in [2.24, 2.45) is 5.92 Å². The smallest absolute Gasteiger partial charge is 0.313 e. The Morgan fingerprint density at radius 1 is 1.14 bits per heavy atom. The van der Waals surface area contributed by atoms with E-state index in [4.69, 9.17) is 27.9 Å². The standard InChI is InChI=1S/C21H18Cl2FNO3/c1-28-21(27)19(17-4-2-3-5-18(17)24)12-6-7-16(10-12)25-20(26)13-8-14(22)11-15(23)9-13/h2-9,11-12,16,19H,10H2,1H3,(H,25,26). The van der Waals surface area contributed by atoms with E-state index < -0.39 is 17.7 Å². The van der Waals surface area contributed by atoms with Crippen molar-refractivity contribution in [3.05, 3.63) is 81.6 Å². The fourth-order valence-corrected chi connectivity index (χ4v) is 3.93. The van der Waals surface area contributed by atoms with Crippen molar-refractivity contribution in [2.75, 3.05) is 7.11 Å². The van der Waals surface area contributed by atoms with Crippen LogP contribution < -0.4 is 5.32 Å². The van der Waals surface area contributed by atoms with Crippen molar-refractivity contribution in [2.45, 2.75) is 18.4 Å². The van der Waals surface area contributed by atoms with Gasteiger partial charge in [-0.15, -0.1) is 0 Å². The first-order chi connectivity index (χ1) is 13.4. The summed E-state index contributed by atoms with van der Waals surface area (Å²) in [5, 5.41) is 3.60. The molecule has 0 saturated heterocycles. The molecule has 3 atom stereocenters. The first kappa shape index (κ1) is 20.4. The van der Waals surface area contributed by atoms with Crippen LogP contribution in [-0.2, 0) is 9.53 Å². The third-order valence-corrected chi connectivity index (χ3v) is 5.12. The Balaban J connectivity index is 1.74. The minimum atomic E-state index is -0.787. The summed E-state index contributed by atoms with van der Waals surface area (Å²) in [5.74, 6) is -2.41. The Bertz CT molecular complexity index is 911. The Morgan fingerprint density at radius 3 is 2.46 bits per heavy atom. The summed E-state index contributed by atoms with van der Waals surface area (Å²) in [4.78, 5) is 24.8. The van der Waals surface area contributed by atoms with Crippen molar-refractivity contribution < 1.29 is 18.7 Å². The first-order valence-electron chi connectivity index (χ1n) is 8.66. The highest BCUT2D eigenvalue weighted by atomic mass is 35.5. The molecule has 0 aliphatic heterocycles. The van der Waals surface area contributed by atoms with Crippen LogP contribution in [0.15, 0.2) is 54.6 Å². The minimum Gasteiger partial charge on any atom is -0.469 e. The molecule has 1 aliphatic rings. The fraction of sp³-hybridized carbons (Fsp3) is 0.238. The molecule has 2 aromatic carbocycles. The molecule has 3 rings (SSSR count). The Hall–Kier alpha value is -2.37. The number of methoxy groups -OCH3 is 1. The molecule has 1 N–H and O–H groups in total. The molecule has 7 heteroatoms. The lowest BCUT2D eigenvalue weighted by molar-refractivity contribution is -0.143. The fourth-order valence-electron chi connectivity index (χ4n) is 3.40. The molecule has 1 aliphatic carbocycles. The van der Waals surface area contributed by atoms with Crippen LogP contribution in [0.2, 0.25) is 10.0 Å². The van der Waals surface area contributed by atoms with Gasteiger partial charge in [0.1, 0.15) is 5.82 Å². The second-order valence-electron chi connectivity index (χ2n) is 6.54. The van der Waals surface area contributed by atoms with Gasteiger partial charge in [0.25, 0.3) is 5.91 Å². The molecule has 0 radical (unpaired) electrons. The lowest BCUT2D eigenvalue weighted by Crippen LogP contribution is -2.34. The molecule has 28 heavy (non-hydrogen) atoms. The normalized spacial score (nSPS) is 19.3. The lowest BCUT2D eigenvalue weighted by Gasteiger charge is -2.22. The molecular weight excluding hydrogens is 404 g/mol. The largest absolute Gasteiger partial charge is 0.469 e. The van der Waals surface area contributed by atoms with Crippen LogP contribution in [0.5, 0.6) is 0 Å². The van der Waals surface area contributed by atoms with Gasteiger partial charge in [0, 0.05) is 27.2 Å². The van der Waals surface area contributed by atoms with E-state index >= 15 is 0 Å². The number of amides is 1. The second kappa shape index (κ2) is 8.76. The van der Waals surface area contributed by atoms with E-state index in [2.05, 4.69) is 5.32 Å². The van der Waals surface area contributed by atoms with Crippen LogP contribution in [0.25, 0.3) is 0 Å². The van der Waals surface area contributed by atoms with Crippen LogP contribution in [0.3, 0.4) is 0 Å².